The van der Waals surface area contributed by atoms with E-state index in [2.05, 4.69) is 25.7 Å². The molecule has 2 N–H and O–H groups in total. The SMILES string of the molecule is Cc1cccc(-c2noc(CN3CCCC(C(=O)Nc4ccccc4C(=O)NCCc4ccccc4)C3)n2)c1. The molecule has 200 valence electrons. The third kappa shape index (κ3) is 6.97. The van der Waals surface area contributed by atoms with Crippen molar-refractivity contribution in [3.63, 3.8) is 0 Å². The van der Waals surface area contributed by atoms with Crippen LogP contribution in [0.4, 0.5) is 5.69 Å². The van der Waals surface area contributed by atoms with Crippen LogP contribution in [-0.4, -0.2) is 46.5 Å². The molecule has 1 fully saturated rings. The van der Waals surface area contributed by atoms with Crippen molar-refractivity contribution in [1.82, 2.24) is 20.4 Å². The van der Waals surface area contributed by atoms with Gasteiger partial charge in [0, 0.05) is 18.7 Å². The molecule has 1 atom stereocenters. The highest BCUT2D eigenvalue weighted by Gasteiger charge is 2.28. The predicted molar refractivity (Wildman–Crippen MR) is 150 cm³/mol. The van der Waals surface area contributed by atoms with E-state index in [0.29, 0.717) is 42.6 Å². The zero-order valence-electron chi connectivity index (χ0n) is 22.1. The van der Waals surface area contributed by atoms with E-state index >= 15 is 0 Å². The smallest absolute Gasteiger partial charge is 0.253 e. The molecule has 39 heavy (non-hydrogen) atoms. The van der Waals surface area contributed by atoms with Crippen LogP contribution in [0.5, 0.6) is 0 Å². The lowest BCUT2D eigenvalue weighted by Gasteiger charge is -2.31. The summed E-state index contributed by atoms with van der Waals surface area (Å²) < 4.78 is 5.51. The van der Waals surface area contributed by atoms with Crippen molar-refractivity contribution in [1.29, 1.82) is 0 Å². The van der Waals surface area contributed by atoms with E-state index in [1.165, 1.54) is 0 Å². The first-order valence-electron chi connectivity index (χ1n) is 13.4. The quantitative estimate of drug-likeness (QED) is 0.325. The fourth-order valence-corrected chi connectivity index (χ4v) is 4.91. The van der Waals surface area contributed by atoms with Crippen molar-refractivity contribution < 1.29 is 14.1 Å². The summed E-state index contributed by atoms with van der Waals surface area (Å²) in [6, 6.07) is 25.1. The van der Waals surface area contributed by atoms with Crippen molar-refractivity contribution in [3.05, 3.63) is 101 Å². The minimum absolute atomic E-state index is 0.0878. The summed E-state index contributed by atoms with van der Waals surface area (Å²) in [6.45, 7) is 4.47. The van der Waals surface area contributed by atoms with Crippen LogP contribution in [0.1, 0.15) is 40.2 Å². The molecule has 1 saturated heterocycles. The first-order valence-corrected chi connectivity index (χ1v) is 13.4. The van der Waals surface area contributed by atoms with E-state index in [4.69, 9.17) is 4.52 Å². The maximum atomic E-state index is 13.2. The number of piperidine rings is 1. The first-order chi connectivity index (χ1) is 19.0. The number of aromatic nitrogens is 2. The van der Waals surface area contributed by atoms with Crippen LogP contribution in [0.15, 0.2) is 83.4 Å². The molecule has 1 unspecified atom stereocenters. The Bertz CT molecular complexity index is 1420. The Morgan fingerprint density at radius 2 is 1.85 bits per heavy atom. The average Bonchev–Trinajstić information content (AvgIpc) is 3.42. The summed E-state index contributed by atoms with van der Waals surface area (Å²) in [6.07, 6.45) is 2.41. The summed E-state index contributed by atoms with van der Waals surface area (Å²) in [4.78, 5) is 32.9. The Balaban J connectivity index is 1.16. The van der Waals surface area contributed by atoms with Crippen LogP contribution >= 0.6 is 0 Å². The Labute approximate surface area is 228 Å². The van der Waals surface area contributed by atoms with Crippen molar-refractivity contribution in [2.24, 2.45) is 5.92 Å². The zero-order valence-corrected chi connectivity index (χ0v) is 22.1. The predicted octanol–water partition coefficient (Wildman–Crippen LogP) is 4.87. The number of nitrogens with one attached hydrogen (secondary N) is 2. The molecule has 1 aromatic heterocycles. The van der Waals surface area contributed by atoms with Crippen LogP contribution in [0.2, 0.25) is 0 Å². The Morgan fingerprint density at radius 3 is 2.69 bits per heavy atom. The third-order valence-electron chi connectivity index (χ3n) is 6.95. The summed E-state index contributed by atoms with van der Waals surface area (Å²) in [5.74, 6) is 0.610. The number of nitrogens with zero attached hydrogens (tertiary/aromatic N) is 3. The second-order valence-corrected chi connectivity index (χ2v) is 9.98. The van der Waals surface area contributed by atoms with E-state index in [0.717, 1.165) is 42.5 Å². The second-order valence-electron chi connectivity index (χ2n) is 9.98. The van der Waals surface area contributed by atoms with Gasteiger partial charge in [-0.25, -0.2) is 0 Å². The largest absolute Gasteiger partial charge is 0.352 e. The number of aryl methyl sites for hydroxylation is 1. The Hall–Kier alpha value is -4.30. The Morgan fingerprint density at radius 1 is 1.03 bits per heavy atom. The maximum Gasteiger partial charge on any atom is 0.253 e. The van der Waals surface area contributed by atoms with Crippen molar-refractivity contribution >= 4 is 17.5 Å². The number of carbonyl (C=O) groups is 2. The molecule has 2 heterocycles. The average molecular weight is 524 g/mol. The van der Waals surface area contributed by atoms with E-state index < -0.39 is 0 Å². The molecular weight excluding hydrogens is 490 g/mol. The summed E-state index contributed by atoms with van der Waals surface area (Å²) >= 11 is 0. The highest BCUT2D eigenvalue weighted by atomic mass is 16.5. The van der Waals surface area contributed by atoms with Crippen LogP contribution < -0.4 is 10.6 Å². The molecular formula is C31H33N5O3. The van der Waals surface area contributed by atoms with Crippen LogP contribution in [0, 0.1) is 12.8 Å². The zero-order chi connectivity index (χ0) is 27.0. The molecule has 0 radical (unpaired) electrons. The molecule has 4 aromatic rings. The molecule has 8 heteroatoms. The van der Waals surface area contributed by atoms with Gasteiger partial charge in [-0.2, -0.15) is 4.98 Å². The lowest BCUT2D eigenvalue weighted by Crippen LogP contribution is -2.40. The third-order valence-corrected chi connectivity index (χ3v) is 6.95. The van der Waals surface area contributed by atoms with Gasteiger partial charge in [-0.15, -0.1) is 0 Å². The van der Waals surface area contributed by atoms with Gasteiger partial charge in [-0.3, -0.25) is 14.5 Å². The summed E-state index contributed by atoms with van der Waals surface area (Å²) in [5, 5.41) is 10.1. The number of anilines is 1. The summed E-state index contributed by atoms with van der Waals surface area (Å²) in [7, 11) is 0. The van der Waals surface area contributed by atoms with Gasteiger partial charge in [0.2, 0.25) is 17.6 Å². The second kappa shape index (κ2) is 12.5. The monoisotopic (exact) mass is 523 g/mol. The van der Waals surface area contributed by atoms with E-state index in [1.807, 2.05) is 67.6 Å². The molecule has 1 aliphatic rings. The molecule has 0 bridgehead atoms. The fourth-order valence-electron chi connectivity index (χ4n) is 4.91. The number of amides is 2. The van der Waals surface area contributed by atoms with Crippen LogP contribution in [0.25, 0.3) is 11.4 Å². The molecule has 0 saturated carbocycles. The lowest BCUT2D eigenvalue weighted by atomic mass is 9.96. The molecule has 5 rings (SSSR count). The molecule has 1 aliphatic heterocycles. The number of carbonyl (C=O) groups excluding carboxylic acids is 2. The van der Waals surface area contributed by atoms with Crippen LogP contribution in [0.3, 0.4) is 0 Å². The van der Waals surface area contributed by atoms with Gasteiger partial charge < -0.3 is 15.2 Å². The highest BCUT2D eigenvalue weighted by molar-refractivity contribution is 6.04. The van der Waals surface area contributed by atoms with Crippen molar-refractivity contribution in [2.75, 3.05) is 25.0 Å². The van der Waals surface area contributed by atoms with Crippen LogP contribution in [-0.2, 0) is 17.8 Å². The Kier molecular flexibility index (Phi) is 8.43. The molecule has 0 spiro atoms. The van der Waals surface area contributed by atoms with Gasteiger partial charge in [-0.05, 0) is 56.5 Å². The highest BCUT2D eigenvalue weighted by Crippen LogP contribution is 2.23. The minimum atomic E-state index is -0.202. The van der Waals surface area contributed by atoms with Gasteiger partial charge in [0.15, 0.2) is 0 Å². The minimum Gasteiger partial charge on any atom is -0.352 e. The summed E-state index contributed by atoms with van der Waals surface area (Å²) in [5.41, 5.74) is 4.20. The first kappa shape index (κ1) is 26.3. The topological polar surface area (TPSA) is 100 Å². The van der Waals surface area contributed by atoms with Crippen molar-refractivity contribution in [3.8, 4) is 11.4 Å². The molecule has 0 aliphatic carbocycles. The fraction of sp³-hybridized carbons (Fsp3) is 0.290. The van der Waals surface area contributed by atoms with Gasteiger partial charge in [0.1, 0.15) is 0 Å². The molecule has 8 nitrogen and oxygen atoms in total. The molecule has 3 aromatic carbocycles. The van der Waals surface area contributed by atoms with E-state index in [-0.39, 0.29) is 17.7 Å². The molecule has 2 amide bonds. The van der Waals surface area contributed by atoms with Crippen molar-refractivity contribution in [2.45, 2.75) is 32.7 Å². The van der Waals surface area contributed by atoms with Gasteiger partial charge >= 0.3 is 0 Å². The number of benzene rings is 3. The number of hydrogen-bond donors (Lipinski definition) is 2. The normalized spacial score (nSPS) is 15.6. The van der Waals surface area contributed by atoms with E-state index in [1.54, 1.807) is 18.2 Å². The number of hydrogen-bond acceptors (Lipinski definition) is 6. The standard InChI is InChI=1S/C31H33N5O3/c1-22-9-7-12-24(19-22)29-34-28(39-35-29)21-36-18-8-13-25(20-36)30(37)33-27-15-6-5-14-26(27)31(38)32-17-16-23-10-3-2-4-11-23/h2-7,9-12,14-15,19,25H,8,13,16-18,20-21H2,1H3,(H,32,38)(H,33,37). The number of rotatable bonds is 9. The maximum absolute atomic E-state index is 13.2. The lowest BCUT2D eigenvalue weighted by molar-refractivity contribution is -0.121. The number of likely N-dealkylation sites (tertiary alicyclic amines) is 1. The van der Waals surface area contributed by atoms with Gasteiger partial charge in [0.05, 0.1) is 23.7 Å². The van der Waals surface area contributed by atoms with Gasteiger partial charge in [-0.1, -0.05) is 71.4 Å². The number of para-hydroxylation sites is 1. The van der Waals surface area contributed by atoms with E-state index in [9.17, 15) is 9.59 Å². The van der Waals surface area contributed by atoms with Gasteiger partial charge in [0.25, 0.3) is 5.91 Å².